The molecule has 0 aliphatic rings. The van der Waals surface area contributed by atoms with Crippen molar-refractivity contribution in [3.8, 4) is 0 Å². The minimum atomic E-state index is -0.802. The van der Waals surface area contributed by atoms with E-state index in [1.54, 1.807) is 18.2 Å². The molecule has 3 N–H and O–H groups in total. The molecule has 0 radical (unpaired) electrons. The fourth-order valence-electron chi connectivity index (χ4n) is 0.912. The standard InChI is InChI=1S/C8H14N2O2S2.H2S/c1-8(2,11)6-4-7(13-5-6)10(3)14-12-9;/h4-5,11H,9H2,1-3H3;1H2. The Morgan fingerprint density at radius 2 is 2.20 bits per heavy atom. The molecule has 0 fully saturated rings. The van der Waals surface area contributed by atoms with Crippen LogP contribution in [0.4, 0.5) is 5.00 Å². The second-order valence-electron chi connectivity index (χ2n) is 3.40. The summed E-state index contributed by atoms with van der Waals surface area (Å²) in [7, 11) is 1.84. The van der Waals surface area contributed by atoms with Gasteiger partial charge in [-0.05, 0) is 30.9 Å². The Labute approximate surface area is 105 Å². The van der Waals surface area contributed by atoms with Crippen LogP contribution in [0.2, 0.25) is 0 Å². The molecule has 0 unspecified atom stereocenters. The van der Waals surface area contributed by atoms with Gasteiger partial charge in [-0.1, -0.05) is 0 Å². The summed E-state index contributed by atoms with van der Waals surface area (Å²) in [6.07, 6.45) is 0. The lowest BCUT2D eigenvalue weighted by atomic mass is 10.0. The predicted octanol–water partition coefficient (Wildman–Crippen LogP) is 1.98. The molecule has 0 spiro atoms. The maximum atomic E-state index is 9.74. The van der Waals surface area contributed by atoms with Gasteiger partial charge in [-0.2, -0.15) is 13.5 Å². The van der Waals surface area contributed by atoms with Crippen LogP contribution >= 0.6 is 37.1 Å². The molecule has 0 saturated carbocycles. The number of nitrogens with zero attached hydrogens (tertiary/aromatic N) is 1. The maximum absolute atomic E-state index is 9.74. The first-order chi connectivity index (χ1) is 6.45. The molecule has 1 heterocycles. The molecule has 15 heavy (non-hydrogen) atoms. The van der Waals surface area contributed by atoms with E-state index in [1.165, 1.54) is 11.3 Å². The van der Waals surface area contributed by atoms with Crippen molar-refractivity contribution < 1.29 is 9.39 Å². The fraction of sp³-hybridized carbons (Fsp3) is 0.500. The first kappa shape index (κ1) is 15.1. The van der Waals surface area contributed by atoms with Gasteiger partial charge in [0.2, 0.25) is 0 Å². The Hall–Kier alpha value is 0.0800. The minimum Gasteiger partial charge on any atom is -0.386 e. The number of aliphatic hydroxyl groups is 1. The van der Waals surface area contributed by atoms with Crippen LogP contribution in [0, 0.1) is 0 Å². The van der Waals surface area contributed by atoms with Gasteiger partial charge in [-0.3, -0.25) is 4.31 Å². The first-order valence-corrected chi connectivity index (χ1v) is 5.61. The third-order valence-corrected chi connectivity index (χ3v) is 3.38. The van der Waals surface area contributed by atoms with Gasteiger partial charge in [0.15, 0.2) is 0 Å². The summed E-state index contributed by atoms with van der Waals surface area (Å²) in [4.78, 5) is 0. The van der Waals surface area contributed by atoms with E-state index < -0.39 is 5.60 Å². The van der Waals surface area contributed by atoms with Crippen LogP contribution < -0.4 is 10.2 Å². The van der Waals surface area contributed by atoms with Crippen molar-refractivity contribution in [2.75, 3.05) is 11.4 Å². The van der Waals surface area contributed by atoms with Crippen LogP contribution in [-0.2, 0) is 9.88 Å². The molecule has 0 atom stereocenters. The van der Waals surface area contributed by atoms with Crippen LogP contribution in [0.5, 0.6) is 0 Å². The number of hydrogen-bond acceptors (Lipinski definition) is 6. The van der Waals surface area contributed by atoms with Gasteiger partial charge in [-0.25, -0.2) is 10.2 Å². The molecule has 1 aromatic rings. The Bertz CT molecular complexity index is 298. The molecule has 4 nitrogen and oxygen atoms in total. The third-order valence-electron chi connectivity index (χ3n) is 1.76. The Morgan fingerprint density at radius 1 is 1.60 bits per heavy atom. The highest BCUT2D eigenvalue weighted by Gasteiger charge is 2.18. The zero-order valence-corrected chi connectivity index (χ0v) is 11.5. The number of rotatable bonds is 4. The van der Waals surface area contributed by atoms with Crippen LogP contribution in [0.25, 0.3) is 0 Å². The van der Waals surface area contributed by atoms with Crippen molar-refractivity contribution in [1.82, 2.24) is 0 Å². The molecular formula is C8H16N2O2S3. The predicted molar refractivity (Wildman–Crippen MR) is 71.2 cm³/mol. The lowest BCUT2D eigenvalue weighted by molar-refractivity contribution is 0.0791. The molecule has 0 aromatic carbocycles. The van der Waals surface area contributed by atoms with E-state index in [1.807, 2.05) is 18.5 Å². The normalized spacial score (nSPS) is 11.0. The van der Waals surface area contributed by atoms with E-state index in [0.29, 0.717) is 0 Å². The minimum absolute atomic E-state index is 0. The van der Waals surface area contributed by atoms with Crippen LogP contribution in [0.15, 0.2) is 11.4 Å². The molecule has 1 aromatic heterocycles. The highest BCUT2D eigenvalue weighted by Crippen LogP contribution is 2.32. The molecule has 0 amide bonds. The van der Waals surface area contributed by atoms with Crippen LogP contribution in [0.1, 0.15) is 19.4 Å². The monoisotopic (exact) mass is 268 g/mol. The van der Waals surface area contributed by atoms with Crippen molar-refractivity contribution in [3.05, 3.63) is 17.0 Å². The second-order valence-corrected chi connectivity index (χ2v) is 5.18. The van der Waals surface area contributed by atoms with Crippen molar-refractivity contribution in [2.24, 2.45) is 5.90 Å². The summed E-state index contributed by atoms with van der Waals surface area (Å²) < 4.78 is 6.23. The first-order valence-electron chi connectivity index (χ1n) is 4.04. The molecule has 0 bridgehead atoms. The number of thiophene rings is 1. The molecule has 88 valence electrons. The summed E-state index contributed by atoms with van der Waals surface area (Å²) in [6, 6.07) is 1.91. The smallest absolute Gasteiger partial charge is 0.135 e. The Morgan fingerprint density at radius 3 is 2.60 bits per heavy atom. The zero-order valence-electron chi connectivity index (χ0n) is 8.85. The molecule has 7 heteroatoms. The van der Waals surface area contributed by atoms with E-state index in [9.17, 15) is 5.11 Å². The van der Waals surface area contributed by atoms with E-state index in [0.717, 1.165) is 22.8 Å². The summed E-state index contributed by atoms with van der Waals surface area (Å²) in [5.74, 6) is 4.94. The second kappa shape index (κ2) is 5.97. The topological polar surface area (TPSA) is 58.7 Å². The van der Waals surface area contributed by atoms with Gasteiger partial charge < -0.3 is 5.11 Å². The number of anilines is 1. The Kier molecular flexibility index (Phi) is 6.01. The van der Waals surface area contributed by atoms with Crippen LogP contribution in [0.3, 0.4) is 0 Å². The van der Waals surface area contributed by atoms with Gasteiger partial charge in [0.25, 0.3) is 0 Å². The van der Waals surface area contributed by atoms with E-state index >= 15 is 0 Å². The highest BCUT2D eigenvalue weighted by molar-refractivity contribution is 7.96. The summed E-state index contributed by atoms with van der Waals surface area (Å²) in [5, 5.41) is 12.6. The van der Waals surface area contributed by atoms with Gasteiger partial charge in [-0.15, -0.1) is 11.3 Å². The van der Waals surface area contributed by atoms with Gasteiger partial charge in [0.05, 0.1) is 5.60 Å². The molecule has 0 aliphatic heterocycles. The third kappa shape index (κ3) is 4.21. The van der Waals surface area contributed by atoms with Crippen molar-refractivity contribution in [2.45, 2.75) is 19.4 Å². The lowest BCUT2D eigenvalue weighted by Gasteiger charge is -2.15. The van der Waals surface area contributed by atoms with Crippen molar-refractivity contribution in [3.63, 3.8) is 0 Å². The fourth-order valence-corrected chi connectivity index (χ4v) is 2.34. The van der Waals surface area contributed by atoms with E-state index in [2.05, 4.69) is 4.28 Å². The molecule has 0 saturated heterocycles. The quantitative estimate of drug-likeness (QED) is 0.497. The largest absolute Gasteiger partial charge is 0.386 e. The maximum Gasteiger partial charge on any atom is 0.135 e. The molecule has 1 rings (SSSR count). The molecule has 0 aliphatic carbocycles. The summed E-state index contributed by atoms with van der Waals surface area (Å²) >= 11 is 2.58. The number of nitrogens with two attached hydrogens (primary N) is 1. The summed E-state index contributed by atoms with van der Waals surface area (Å²) in [6.45, 7) is 3.51. The van der Waals surface area contributed by atoms with Crippen LogP contribution in [-0.4, -0.2) is 12.2 Å². The average molecular weight is 268 g/mol. The SMILES string of the molecule is CN(SON)c1cc(C(C)(C)O)cs1.S. The molecular weight excluding hydrogens is 252 g/mol. The number of hydrogen-bond donors (Lipinski definition) is 2. The van der Waals surface area contributed by atoms with Gasteiger partial charge in [0, 0.05) is 7.05 Å². The van der Waals surface area contributed by atoms with Gasteiger partial charge >= 0.3 is 0 Å². The highest BCUT2D eigenvalue weighted by atomic mass is 32.2. The van der Waals surface area contributed by atoms with Crippen molar-refractivity contribution in [1.29, 1.82) is 0 Å². The van der Waals surface area contributed by atoms with Crippen molar-refractivity contribution >= 4 is 42.1 Å². The lowest BCUT2D eigenvalue weighted by Crippen LogP contribution is -2.14. The zero-order chi connectivity index (χ0) is 10.8. The Balaban J connectivity index is 0.00000196. The van der Waals surface area contributed by atoms with E-state index in [4.69, 9.17) is 5.90 Å². The van der Waals surface area contributed by atoms with Gasteiger partial charge in [0.1, 0.15) is 17.2 Å². The average Bonchev–Trinajstić information content (AvgIpc) is 2.51. The van der Waals surface area contributed by atoms with E-state index in [-0.39, 0.29) is 13.5 Å². The summed E-state index contributed by atoms with van der Waals surface area (Å²) in [5.41, 5.74) is 0.0890.